The van der Waals surface area contributed by atoms with Crippen LogP contribution in [0.25, 0.3) is 0 Å². The minimum Gasteiger partial charge on any atom is -0.334 e. The molecule has 0 spiro atoms. The van der Waals surface area contributed by atoms with Gasteiger partial charge in [-0.1, -0.05) is 23.7 Å². The molecule has 0 radical (unpaired) electrons. The Bertz CT molecular complexity index is 559. The highest BCUT2D eigenvalue weighted by atomic mass is 35.5. The van der Waals surface area contributed by atoms with Crippen molar-refractivity contribution < 1.29 is 9.18 Å². The number of amides is 2. The summed E-state index contributed by atoms with van der Waals surface area (Å²) in [5.74, 6) is -0.0225. The summed E-state index contributed by atoms with van der Waals surface area (Å²) in [6, 6.07) is 8.48. The lowest BCUT2D eigenvalue weighted by molar-refractivity contribution is 0.251. The smallest absolute Gasteiger partial charge is 0.320 e. The van der Waals surface area contributed by atoms with Crippen LogP contribution in [0.4, 0.5) is 15.0 Å². The highest BCUT2D eigenvalue weighted by molar-refractivity contribution is 6.29. The predicted octanol–water partition coefficient (Wildman–Crippen LogP) is 2.59. The Kier molecular flexibility index (Phi) is 4.25. The van der Waals surface area contributed by atoms with E-state index in [1.165, 1.54) is 24.3 Å². The molecule has 0 atom stereocenters. The van der Waals surface area contributed by atoms with Crippen molar-refractivity contribution in [1.82, 2.24) is 15.5 Å². The lowest BCUT2D eigenvalue weighted by Crippen LogP contribution is -2.28. The maximum atomic E-state index is 12.7. The van der Waals surface area contributed by atoms with Crippen LogP contribution < -0.4 is 10.6 Å². The quantitative estimate of drug-likeness (QED) is 0.908. The van der Waals surface area contributed by atoms with Gasteiger partial charge in [-0.25, -0.2) is 9.18 Å². The van der Waals surface area contributed by atoms with E-state index >= 15 is 0 Å². The molecule has 0 saturated heterocycles. The summed E-state index contributed by atoms with van der Waals surface area (Å²) >= 11 is 5.57. The van der Waals surface area contributed by atoms with E-state index in [0.717, 1.165) is 5.56 Å². The molecule has 2 amide bonds. The fourth-order valence-corrected chi connectivity index (χ4v) is 1.43. The highest BCUT2D eigenvalue weighted by Crippen LogP contribution is 2.06. The third-order valence-corrected chi connectivity index (χ3v) is 2.44. The van der Waals surface area contributed by atoms with E-state index < -0.39 is 6.03 Å². The number of rotatable bonds is 3. The number of carbonyl (C=O) groups excluding carboxylic acids is 1. The first-order chi connectivity index (χ1) is 9.13. The predicted molar refractivity (Wildman–Crippen MR) is 69.3 cm³/mol. The molecule has 2 N–H and O–H groups in total. The summed E-state index contributed by atoms with van der Waals surface area (Å²) in [4.78, 5) is 11.5. The van der Waals surface area contributed by atoms with E-state index in [0.29, 0.717) is 5.82 Å². The van der Waals surface area contributed by atoms with Crippen molar-refractivity contribution in [3.8, 4) is 0 Å². The van der Waals surface area contributed by atoms with Gasteiger partial charge in [-0.15, -0.1) is 10.2 Å². The maximum absolute atomic E-state index is 12.7. The third kappa shape index (κ3) is 4.18. The number of hydrogen-bond donors (Lipinski definition) is 2. The fourth-order valence-electron chi connectivity index (χ4n) is 1.33. The van der Waals surface area contributed by atoms with Crippen LogP contribution in [0.5, 0.6) is 0 Å². The Labute approximate surface area is 113 Å². The second kappa shape index (κ2) is 6.10. The first-order valence-corrected chi connectivity index (χ1v) is 5.80. The van der Waals surface area contributed by atoms with Crippen LogP contribution in [0, 0.1) is 5.82 Å². The third-order valence-electron chi connectivity index (χ3n) is 2.24. The van der Waals surface area contributed by atoms with Gasteiger partial charge in [0, 0.05) is 6.54 Å². The lowest BCUT2D eigenvalue weighted by atomic mass is 10.2. The van der Waals surface area contributed by atoms with Crippen LogP contribution in [0.3, 0.4) is 0 Å². The van der Waals surface area contributed by atoms with E-state index in [2.05, 4.69) is 20.8 Å². The summed E-state index contributed by atoms with van der Waals surface area (Å²) in [6.07, 6.45) is 0. The van der Waals surface area contributed by atoms with Crippen LogP contribution in [0.2, 0.25) is 5.15 Å². The first-order valence-electron chi connectivity index (χ1n) is 5.42. The van der Waals surface area contributed by atoms with Crippen molar-refractivity contribution in [2.75, 3.05) is 5.32 Å². The number of aromatic nitrogens is 2. The van der Waals surface area contributed by atoms with Crippen molar-refractivity contribution in [3.05, 3.63) is 52.9 Å². The number of nitrogens with zero attached hydrogens (tertiary/aromatic N) is 2. The molecule has 7 heteroatoms. The molecule has 5 nitrogen and oxygen atoms in total. The van der Waals surface area contributed by atoms with Crippen molar-refractivity contribution >= 4 is 23.4 Å². The van der Waals surface area contributed by atoms with Gasteiger partial charge in [-0.05, 0) is 29.8 Å². The van der Waals surface area contributed by atoms with Gasteiger partial charge < -0.3 is 5.32 Å². The number of benzene rings is 1. The van der Waals surface area contributed by atoms with Gasteiger partial charge in [0.1, 0.15) is 5.82 Å². The van der Waals surface area contributed by atoms with Crippen LogP contribution >= 0.6 is 11.6 Å². The number of nitrogens with one attached hydrogen (secondary N) is 2. The number of anilines is 1. The van der Waals surface area contributed by atoms with Crippen LogP contribution in [0.15, 0.2) is 36.4 Å². The molecule has 2 rings (SSSR count). The Morgan fingerprint density at radius 1 is 1.16 bits per heavy atom. The molecule has 0 aliphatic carbocycles. The molecule has 0 saturated carbocycles. The van der Waals surface area contributed by atoms with Crippen molar-refractivity contribution in [1.29, 1.82) is 0 Å². The molecule has 0 aliphatic rings. The zero-order valence-electron chi connectivity index (χ0n) is 9.73. The SMILES string of the molecule is O=C(NCc1ccc(F)cc1)Nc1ccc(Cl)nn1. The van der Waals surface area contributed by atoms with Crippen molar-refractivity contribution in [3.63, 3.8) is 0 Å². The van der Waals surface area contributed by atoms with E-state index in [9.17, 15) is 9.18 Å². The summed E-state index contributed by atoms with van der Waals surface area (Å²) in [7, 11) is 0. The Hall–Kier alpha value is -2.21. The van der Waals surface area contributed by atoms with Crippen molar-refractivity contribution in [2.24, 2.45) is 0 Å². The molecule has 2 aromatic rings. The second-order valence-corrected chi connectivity index (χ2v) is 4.06. The summed E-state index contributed by atoms with van der Waals surface area (Å²) < 4.78 is 12.7. The number of carbonyl (C=O) groups is 1. The molecular weight excluding hydrogens is 271 g/mol. The summed E-state index contributed by atoms with van der Waals surface area (Å²) in [5.41, 5.74) is 0.791. The maximum Gasteiger partial charge on any atom is 0.320 e. The van der Waals surface area contributed by atoms with Crippen LogP contribution in [0.1, 0.15) is 5.56 Å². The number of halogens is 2. The molecule has 1 aromatic carbocycles. The number of urea groups is 1. The van der Waals surface area contributed by atoms with Gasteiger partial charge in [-0.2, -0.15) is 0 Å². The zero-order valence-corrected chi connectivity index (χ0v) is 10.5. The van der Waals surface area contributed by atoms with Gasteiger partial charge >= 0.3 is 6.03 Å². The topological polar surface area (TPSA) is 66.9 Å². The van der Waals surface area contributed by atoms with E-state index in [1.54, 1.807) is 12.1 Å². The largest absolute Gasteiger partial charge is 0.334 e. The lowest BCUT2D eigenvalue weighted by Gasteiger charge is -2.06. The van der Waals surface area contributed by atoms with Gasteiger partial charge in [0.2, 0.25) is 0 Å². The molecule has 1 heterocycles. The van der Waals surface area contributed by atoms with Gasteiger partial charge in [0.05, 0.1) is 0 Å². The second-order valence-electron chi connectivity index (χ2n) is 3.68. The highest BCUT2D eigenvalue weighted by Gasteiger charge is 2.03. The summed E-state index contributed by atoms with van der Waals surface area (Å²) in [5, 5.41) is 12.6. The Morgan fingerprint density at radius 3 is 2.53 bits per heavy atom. The Morgan fingerprint density at radius 2 is 1.89 bits per heavy atom. The van der Waals surface area contributed by atoms with E-state index in [-0.39, 0.29) is 17.5 Å². The molecule has 19 heavy (non-hydrogen) atoms. The van der Waals surface area contributed by atoms with Gasteiger partial charge in [0.15, 0.2) is 11.0 Å². The Balaban J connectivity index is 1.84. The minimum atomic E-state index is -0.430. The van der Waals surface area contributed by atoms with Gasteiger partial charge in [-0.3, -0.25) is 5.32 Å². The average molecular weight is 281 g/mol. The normalized spacial score (nSPS) is 10.0. The fraction of sp³-hybridized carbons (Fsp3) is 0.0833. The molecule has 98 valence electrons. The molecule has 0 bridgehead atoms. The van der Waals surface area contributed by atoms with Crippen molar-refractivity contribution in [2.45, 2.75) is 6.54 Å². The van der Waals surface area contributed by atoms with E-state index in [1.807, 2.05) is 0 Å². The minimum absolute atomic E-state index is 0.247. The molecule has 0 aliphatic heterocycles. The standard InChI is InChI=1S/C12H10ClFN4O/c13-10-5-6-11(18-17-10)16-12(19)15-7-8-1-3-9(14)4-2-8/h1-6H,7H2,(H2,15,16,18,19). The molecule has 0 fully saturated rings. The van der Waals surface area contributed by atoms with E-state index in [4.69, 9.17) is 11.6 Å². The average Bonchev–Trinajstić information content (AvgIpc) is 2.41. The molecule has 1 aromatic heterocycles. The molecular formula is C12H10ClFN4O. The van der Waals surface area contributed by atoms with Crippen LogP contribution in [-0.4, -0.2) is 16.2 Å². The summed E-state index contributed by atoms with van der Waals surface area (Å²) in [6.45, 7) is 0.285. The molecule has 0 unspecified atom stereocenters. The zero-order chi connectivity index (χ0) is 13.7. The number of hydrogen-bond acceptors (Lipinski definition) is 3. The van der Waals surface area contributed by atoms with Crippen LogP contribution in [-0.2, 0) is 6.54 Å². The first kappa shape index (κ1) is 13.2. The monoisotopic (exact) mass is 280 g/mol. The van der Waals surface area contributed by atoms with Gasteiger partial charge in [0.25, 0.3) is 0 Å².